The number of aliphatic carboxylic acids is 1. The van der Waals surface area contributed by atoms with Crippen molar-refractivity contribution in [2.75, 3.05) is 0 Å². The van der Waals surface area contributed by atoms with Crippen LogP contribution in [0.2, 0.25) is 0 Å². The number of aryl methyl sites for hydroxylation is 1. The van der Waals surface area contributed by atoms with Crippen molar-refractivity contribution in [3.05, 3.63) is 64.2 Å². The smallest absolute Gasteiger partial charge is 0.303 e. The standard InChI is InChI=1S/C16H15NO4/c18-16(19)6-2-4-12-3-1-5-14(11-12)13-7-9-15(10-8-13)17(20)21/h1,3,5,7-11H,2,4,6H2,(H,18,19). The summed E-state index contributed by atoms with van der Waals surface area (Å²) in [5.41, 5.74) is 3.00. The maximum Gasteiger partial charge on any atom is 0.303 e. The van der Waals surface area contributed by atoms with E-state index in [0.717, 1.165) is 16.7 Å². The molecule has 0 aliphatic carbocycles. The van der Waals surface area contributed by atoms with Crippen LogP contribution in [0.25, 0.3) is 11.1 Å². The molecule has 2 rings (SSSR count). The molecule has 0 spiro atoms. The van der Waals surface area contributed by atoms with Gasteiger partial charge in [0.05, 0.1) is 4.92 Å². The Kier molecular flexibility index (Phi) is 4.66. The Morgan fingerprint density at radius 1 is 1.10 bits per heavy atom. The Hall–Kier alpha value is -2.69. The summed E-state index contributed by atoms with van der Waals surface area (Å²) in [7, 11) is 0. The van der Waals surface area contributed by atoms with Crippen molar-refractivity contribution >= 4 is 11.7 Å². The van der Waals surface area contributed by atoms with Crippen molar-refractivity contribution in [3.63, 3.8) is 0 Å². The third-order valence-electron chi connectivity index (χ3n) is 3.19. The topological polar surface area (TPSA) is 80.4 Å². The third kappa shape index (κ3) is 4.14. The normalized spacial score (nSPS) is 10.3. The van der Waals surface area contributed by atoms with E-state index in [0.29, 0.717) is 12.8 Å². The molecule has 2 aromatic rings. The summed E-state index contributed by atoms with van der Waals surface area (Å²) in [5, 5.41) is 19.3. The van der Waals surface area contributed by atoms with Gasteiger partial charge >= 0.3 is 5.97 Å². The van der Waals surface area contributed by atoms with Crippen molar-refractivity contribution < 1.29 is 14.8 Å². The maximum atomic E-state index is 10.6. The molecule has 0 aromatic heterocycles. The molecular weight excluding hydrogens is 270 g/mol. The van der Waals surface area contributed by atoms with Gasteiger partial charge in [0.2, 0.25) is 0 Å². The number of non-ortho nitro benzene ring substituents is 1. The maximum absolute atomic E-state index is 10.6. The molecule has 108 valence electrons. The van der Waals surface area contributed by atoms with Crippen molar-refractivity contribution in [2.24, 2.45) is 0 Å². The van der Waals surface area contributed by atoms with Gasteiger partial charge < -0.3 is 5.11 Å². The van der Waals surface area contributed by atoms with Gasteiger partial charge in [0.15, 0.2) is 0 Å². The predicted molar refractivity (Wildman–Crippen MR) is 79.1 cm³/mol. The summed E-state index contributed by atoms with van der Waals surface area (Å²) >= 11 is 0. The fraction of sp³-hybridized carbons (Fsp3) is 0.188. The molecule has 0 unspecified atom stereocenters. The number of nitrogens with zero attached hydrogens (tertiary/aromatic N) is 1. The van der Waals surface area contributed by atoms with Crippen molar-refractivity contribution in [3.8, 4) is 11.1 Å². The van der Waals surface area contributed by atoms with E-state index in [1.54, 1.807) is 12.1 Å². The van der Waals surface area contributed by atoms with Crippen LogP contribution in [0.3, 0.4) is 0 Å². The Morgan fingerprint density at radius 3 is 2.43 bits per heavy atom. The Labute approximate surface area is 122 Å². The Bertz CT molecular complexity index is 650. The number of nitro benzene ring substituents is 1. The molecule has 0 saturated heterocycles. The zero-order chi connectivity index (χ0) is 15.2. The van der Waals surface area contributed by atoms with Gasteiger partial charge in [-0.3, -0.25) is 14.9 Å². The second-order valence-electron chi connectivity index (χ2n) is 4.75. The SMILES string of the molecule is O=C(O)CCCc1cccc(-c2ccc([N+](=O)[O-])cc2)c1. The van der Waals surface area contributed by atoms with Gasteiger partial charge in [0, 0.05) is 18.6 Å². The van der Waals surface area contributed by atoms with E-state index < -0.39 is 10.9 Å². The number of benzene rings is 2. The fourth-order valence-electron chi connectivity index (χ4n) is 2.13. The Balaban J connectivity index is 2.12. The highest BCUT2D eigenvalue weighted by atomic mass is 16.6. The second kappa shape index (κ2) is 6.65. The van der Waals surface area contributed by atoms with Crippen LogP contribution in [-0.4, -0.2) is 16.0 Å². The molecule has 0 aliphatic heterocycles. The Morgan fingerprint density at radius 2 is 1.81 bits per heavy atom. The molecule has 0 atom stereocenters. The van der Waals surface area contributed by atoms with Gasteiger partial charge in [-0.2, -0.15) is 0 Å². The quantitative estimate of drug-likeness (QED) is 0.648. The van der Waals surface area contributed by atoms with Crippen molar-refractivity contribution in [1.29, 1.82) is 0 Å². The first kappa shape index (κ1) is 14.7. The molecule has 0 fully saturated rings. The summed E-state index contributed by atoms with van der Waals surface area (Å²) in [4.78, 5) is 20.7. The number of hydrogen-bond donors (Lipinski definition) is 1. The van der Waals surface area contributed by atoms with E-state index in [4.69, 9.17) is 5.11 Å². The van der Waals surface area contributed by atoms with E-state index in [-0.39, 0.29) is 12.1 Å². The summed E-state index contributed by atoms with van der Waals surface area (Å²) in [6, 6.07) is 14.2. The summed E-state index contributed by atoms with van der Waals surface area (Å²) in [5.74, 6) is -0.790. The van der Waals surface area contributed by atoms with Crippen LogP contribution >= 0.6 is 0 Å². The lowest BCUT2D eigenvalue weighted by Gasteiger charge is -2.05. The number of carboxylic acid groups (broad SMARTS) is 1. The minimum atomic E-state index is -0.790. The lowest BCUT2D eigenvalue weighted by Crippen LogP contribution is -1.96. The van der Waals surface area contributed by atoms with Crippen LogP contribution in [0.4, 0.5) is 5.69 Å². The van der Waals surface area contributed by atoms with Gasteiger partial charge in [-0.25, -0.2) is 0 Å². The summed E-state index contributed by atoms with van der Waals surface area (Å²) in [6.07, 6.45) is 1.45. The monoisotopic (exact) mass is 285 g/mol. The molecule has 0 heterocycles. The van der Waals surface area contributed by atoms with Gasteiger partial charge in [-0.15, -0.1) is 0 Å². The molecule has 0 bridgehead atoms. The zero-order valence-electron chi connectivity index (χ0n) is 11.4. The molecule has 0 saturated carbocycles. The first-order chi connectivity index (χ1) is 10.1. The van der Waals surface area contributed by atoms with Crippen LogP contribution in [0.15, 0.2) is 48.5 Å². The molecular formula is C16H15NO4. The van der Waals surface area contributed by atoms with Gasteiger partial charge in [-0.1, -0.05) is 24.3 Å². The number of carbonyl (C=O) groups is 1. The number of nitro groups is 1. The van der Waals surface area contributed by atoms with E-state index in [9.17, 15) is 14.9 Å². The van der Waals surface area contributed by atoms with Crippen LogP contribution in [0, 0.1) is 10.1 Å². The van der Waals surface area contributed by atoms with Crippen LogP contribution < -0.4 is 0 Å². The van der Waals surface area contributed by atoms with Crippen LogP contribution in [0.5, 0.6) is 0 Å². The van der Waals surface area contributed by atoms with Crippen molar-refractivity contribution in [1.82, 2.24) is 0 Å². The molecule has 0 radical (unpaired) electrons. The molecule has 0 aliphatic rings. The van der Waals surface area contributed by atoms with Gasteiger partial charge in [0.25, 0.3) is 5.69 Å². The number of hydrogen-bond acceptors (Lipinski definition) is 3. The molecule has 0 amide bonds. The minimum Gasteiger partial charge on any atom is -0.481 e. The van der Waals surface area contributed by atoms with E-state index in [2.05, 4.69) is 0 Å². The molecule has 5 heteroatoms. The van der Waals surface area contributed by atoms with Crippen LogP contribution in [0.1, 0.15) is 18.4 Å². The second-order valence-corrected chi connectivity index (χ2v) is 4.75. The molecule has 5 nitrogen and oxygen atoms in total. The zero-order valence-corrected chi connectivity index (χ0v) is 11.4. The lowest BCUT2D eigenvalue weighted by molar-refractivity contribution is -0.384. The average molecular weight is 285 g/mol. The van der Waals surface area contributed by atoms with Crippen molar-refractivity contribution in [2.45, 2.75) is 19.3 Å². The molecule has 1 N–H and O–H groups in total. The number of rotatable bonds is 6. The summed E-state index contributed by atoms with van der Waals surface area (Å²) in [6.45, 7) is 0. The largest absolute Gasteiger partial charge is 0.481 e. The lowest BCUT2D eigenvalue weighted by atomic mass is 10.0. The highest BCUT2D eigenvalue weighted by molar-refractivity contribution is 5.67. The van der Waals surface area contributed by atoms with E-state index >= 15 is 0 Å². The van der Waals surface area contributed by atoms with Gasteiger partial charge in [-0.05, 0) is 41.7 Å². The highest BCUT2D eigenvalue weighted by Crippen LogP contribution is 2.23. The fourth-order valence-corrected chi connectivity index (χ4v) is 2.13. The first-order valence-electron chi connectivity index (χ1n) is 6.62. The number of carboxylic acids is 1. The minimum absolute atomic E-state index is 0.0661. The average Bonchev–Trinajstić information content (AvgIpc) is 2.47. The molecule has 21 heavy (non-hydrogen) atoms. The highest BCUT2D eigenvalue weighted by Gasteiger charge is 2.06. The van der Waals surface area contributed by atoms with E-state index in [1.807, 2.05) is 24.3 Å². The van der Waals surface area contributed by atoms with Gasteiger partial charge in [0.1, 0.15) is 0 Å². The third-order valence-corrected chi connectivity index (χ3v) is 3.19. The molecule has 2 aromatic carbocycles. The first-order valence-corrected chi connectivity index (χ1v) is 6.62. The predicted octanol–water partition coefficient (Wildman–Crippen LogP) is 3.67. The van der Waals surface area contributed by atoms with E-state index in [1.165, 1.54) is 12.1 Å². The van der Waals surface area contributed by atoms with Crippen LogP contribution in [-0.2, 0) is 11.2 Å². The summed E-state index contributed by atoms with van der Waals surface area (Å²) < 4.78 is 0.